The lowest BCUT2D eigenvalue weighted by Crippen LogP contribution is -2.36. The van der Waals surface area contributed by atoms with E-state index in [4.69, 9.17) is 14.7 Å². The molecular formula is C20H26N6OS. The highest BCUT2D eigenvalue weighted by molar-refractivity contribution is 7.19. The Kier molecular flexibility index (Phi) is 5.00. The van der Waals surface area contributed by atoms with Gasteiger partial charge in [0.1, 0.15) is 16.5 Å². The summed E-state index contributed by atoms with van der Waals surface area (Å²) >= 11 is 1.86. The molecule has 148 valence electrons. The number of rotatable bonds is 6. The molecule has 0 unspecified atom stereocenters. The topological polar surface area (TPSA) is 68.1 Å². The zero-order valence-corrected chi connectivity index (χ0v) is 17.1. The van der Waals surface area contributed by atoms with E-state index in [2.05, 4.69) is 21.5 Å². The quantitative estimate of drug-likeness (QED) is 0.688. The smallest absolute Gasteiger partial charge is 0.146 e. The lowest BCUT2D eigenvalue weighted by molar-refractivity contribution is 0.0331. The molecule has 1 aliphatic heterocycles. The molecule has 0 bridgehead atoms. The number of nitrogens with one attached hydrogen (secondary N) is 1. The molecule has 3 aromatic rings. The number of ether oxygens (including phenoxy) is 1. The van der Waals surface area contributed by atoms with Crippen molar-refractivity contribution in [2.45, 2.75) is 32.2 Å². The predicted octanol–water partition coefficient (Wildman–Crippen LogP) is 2.40. The summed E-state index contributed by atoms with van der Waals surface area (Å²) in [6.45, 7) is 5.13. The molecule has 28 heavy (non-hydrogen) atoms. The van der Waals surface area contributed by atoms with Crippen molar-refractivity contribution in [2.75, 3.05) is 38.2 Å². The minimum atomic E-state index is 0.791. The Labute approximate surface area is 168 Å². The molecule has 8 heteroatoms. The number of nitrogens with zero attached hydrogens (tertiary/aromatic N) is 5. The fraction of sp³-hybridized carbons (Fsp3) is 0.550. The van der Waals surface area contributed by atoms with Gasteiger partial charge in [-0.05, 0) is 36.8 Å². The maximum atomic E-state index is 5.47. The molecule has 0 saturated carbocycles. The second-order valence-corrected chi connectivity index (χ2v) is 8.70. The van der Waals surface area contributed by atoms with Gasteiger partial charge in [-0.15, -0.1) is 11.3 Å². The number of anilines is 1. The Morgan fingerprint density at radius 3 is 2.93 bits per heavy atom. The largest absolute Gasteiger partial charge is 0.379 e. The van der Waals surface area contributed by atoms with Gasteiger partial charge in [-0.3, -0.25) is 9.58 Å². The van der Waals surface area contributed by atoms with Gasteiger partial charge >= 0.3 is 0 Å². The van der Waals surface area contributed by atoms with Crippen LogP contribution in [0.4, 0.5) is 5.82 Å². The third kappa shape index (κ3) is 3.64. The van der Waals surface area contributed by atoms with Gasteiger partial charge in [-0.1, -0.05) is 0 Å². The molecule has 4 heterocycles. The van der Waals surface area contributed by atoms with Gasteiger partial charge in [0.2, 0.25) is 0 Å². The van der Waals surface area contributed by atoms with Gasteiger partial charge in [0, 0.05) is 37.8 Å². The Morgan fingerprint density at radius 1 is 1.21 bits per heavy atom. The average molecular weight is 399 g/mol. The first-order valence-corrected chi connectivity index (χ1v) is 10.9. The summed E-state index contributed by atoms with van der Waals surface area (Å²) in [7, 11) is 1.96. The van der Waals surface area contributed by atoms with Gasteiger partial charge in [-0.2, -0.15) is 5.10 Å². The number of fused-ring (bicyclic) bond motifs is 3. The summed E-state index contributed by atoms with van der Waals surface area (Å²) < 4.78 is 7.32. The molecule has 1 N–H and O–H groups in total. The number of hydrogen-bond donors (Lipinski definition) is 1. The summed E-state index contributed by atoms with van der Waals surface area (Å²) in [5, 5.41) is 9.13. The highest BCUT2D eigenvalue weighted by Crippen LogP contribution is 2.39. The SMILES string of the molecule is Cn1cc(CCNc2nc(CN3CCOCC3)nc3sc4c(c23)CCC4)cn1. The van der Waals surface area contributed by atoms with Crippen LogP contribution in [-0.2, 0) is 37.6 Å². The van der Waals surface area contributed by atoms with Gasteiger partial charge in [-0.25, -0.2) is 9.97 Å². The molecule has 0 atom stereocenters. The first kappa shape index (κ1) is 18.0. The fourth-order valence-electron chi connectivity index (χ4n) is 4.12. The molecule has 0 radical (unpaired) electrons. The number of aryl methyl sites for hydroxylation is 3. The van der Waals surface area contributed by atoms with Crippen LogP contribution in [0.5, 0.6) is 0 Å². The molecule has 1 fully saturated rings. The van der Waals surface area contributed by atoms with Crippen LogP contribution >= 0.6 is 11.3 Å². The number of aromatic nitrogens is 4. The zero-order chi connectivity index (χ0) is 18.9. The standard InChI is InChI=1S/C20H26N6OS/c1-25-12-14(11-22-25)5-6-21-19-18-15-3-2-4-16(15)28-20(18)24-17(23-19)13-26-7-9-27-10-8-26/h11-12H,2-10,13H2,1H3,(H,21,23,24). The predicted molar refractivity (Wildman–Crippen MR) is 111 cm³/mol. The van der Waals surface area contributed by atoms with Crippen molar-refractivity contribution in [3.8, 4) is 0 Å². The molecule has 7 nitrogen and oxygen atoms in total. The van der Waals surface area contributed by atoms with Crippen molar-refractivity contribution in [1.82, 2.24) is 24.6 Å². The van der Waals surface area contributed by atoms with Crippen molar-refractivity contribution in [1.29, 1.82) is 0 Å². The average Bonchev–Trinajstić information content (AvgIpc) is 3.38. The lowest BCUT2D eigenvalue weighted by Gasteiger charge is -2.25. The Morgan fingerprint density at radius 2 is 2.11 bits per heavy atom. The van der Waals surface area contributed by atoms with Crippen LogP contribution in [0.1, 0.15) is 28.2 Å². The molecule has 0 spiro atoms. The molecule has 0 aromatic carbocycles. The van der Waals surface area contributed by atoms with E-state index in [0.717, 1.165) is 68.7 Å². The molecule has 1 saturated heterocycles. The van der Waals surface area contributed by atoms with Crippen LogP contribution in [0.25, 0.3) is 10.2 Å². The number of morpholine rings is 1. The third-order valence-corrected chi connectivity index (χ3v) is 6.73. The highest BCUT2D eigenvalue weighted by Gasteiger charge is 2.23. The van der Waals surface area contributed by atoms with Gasteiger partial charge in [0.15, 0.2) is 0 Å². The molecule has 0 amide bonds. The van der Waals surface area contributed by atoms with Crippen molar-refractivity contribution in [3.63, 3.8) is 0 Å². The van der Waals surface area contributed by atoms with Crippen LogP contribution in [-0.4, -0.2) is 57.5 Å². The van der Waals surface area contributed by atoms with Crippen molar-refractivity contribution < 1.29 is 4.74 Å². The van der Waals surface area contributed by atoms with Crippen LogP contribution in [0.2, 0.25) is 0 Å². The fourth-order valence-corrected chi connectivity index (χ4v) is 5.40. The first-order chi connectivity index (χ1) is 13.8. The Hall–Kier alpha value is -2.03. The van der Waals surface area contributed by atoms with E-state index in [0.29, 0.717) is 0 Å². The van der Waals surface area contributed by atoms with Gasteiger partial charge < -0.3 is 10.1 Å². The minimum Gasteiger partial charge on any atom is -0.379 e. The normalized spacial score (nSPS) is 17.3. The maximum absolute atomic E-state index is 5.47. The zero-order valence-electron chi connectivity index (χ0n) is 16.3. The van der Waals surface area contributed by atoms with Gasteiger partial charge in [0.05, 0.1) is 31.3 Å². The summed E-state index contributed by atoms with van der Waals surface area (Å²) in [5.74, 6) is 1.93. The summed E-state index contributed by atoms with van der Waals surface area (Å²) in [4.78, 5) is 14.9. The molecule has 5 rings (SSSR count). The Balaban J connectivity index is 1.40. The van der Waals surface area contributed by atoms with E-state index in [9.17, 15) is 0 Å². The van der Waals surface area contributed by atoms with E-state index in [1.807, 2.05) is 29.3 Å². The van der Waals surface area contributed by atoms with Crippen molar-refractivity contribution in [2.24, 2.45) is 7.05 Å². The Bertz CT molecular complexity index is 975. The van der Waals surface area contributed by atoms with Crippen molar-refractivity contribution >= 4 is 27.4 Å². The van der Waals surface area contributed by atoms with Crippen molar-refractivity contribution in [3.05, 3.63) is 34.2 Å². The molecular weight excluding hydrogens is 372 g/mol. The summed E-state index contributed by atoms with van der Waals surface area (Å²) in [6, 6.07) is 0. The van der Waals surface area contributed by atoms with E-state index in [-0.39, 0.29) is 0 Å². The molecule has 2 aliphatic rings. The van der Waals surface area contributed by atoms with Crippen LogP contribution in [0, 0.1) is 0 Å². The van der Waals surface area contributed by atoms with E-state index in [1.54, 1.807) is 0 Å². The van der Waals surface area contributed by atoms with Crippen LogP contribution < -0.4 is 5.32 Å². The third-order valence-electron chi connectivity index (χ3n) is 5.54. The summed E-state index contributed by atoms with van der Waals surface area (Å²) in [5.41, 5.74) is 2.71. The minimum absolute atomic E-state index is 0.791. The van der Waals surface area contributed by atoms with E-state index >= 15 is 0 Å². The second kappa shape index (κ2) is 7.77. The number of thiophene rings is 1. The van der Waals surface area contributed by atoms with E-state index < -0.39 is 0 Å². The van der Waals surface area contributed by atoms with Crippen LogP contribution in [0.15, 0.2) is 12.4 Å². The second-order valence-electron chi connectivity index (χ2n) is 7.61. The number of hydrogen-bond acceptors (Lipinski definition) is 7. The molecule has 1 aliphatic carbocycles. The lowest BCUT2D eigenvalue weighted by atomic mass is 10.2. The maximum Gasteiger partial charge on any atom is 0.146 e. The first-order valence-electron chi connectivity index (χ1n) is 10.1. The monoisotopic (exact) mass is 398 g/mol. The molecule has 3 aromatic heterocycles. The van der Waals surface area contributed by atoms with Gasteiger partial charge in [0.25, 0.3) is 0 Å². The van der Waals surface area contributed by atoms with Crippen LogP contribution in [0.3, 0.4) is 0 Å². The highest BCUT2D eigenvalue weighted by atomic mass is 32.1. The summed E-state index contributed by atoms with van der Waals surface area (Å²) in [6.07, 6.45) is 8.53. The van der Waals surface area contributed by atoms with E-state index in [1.165, 1.54) is 34.2 Å².